The largest absolute Gasteiger partial charge is 0.490 e. The standard InChI is InChI=1S/C31H32ClIN4O7/c1-4-42-26-14-21(29-28(30(39)41-3)18(2)35-31(40)36-29)8-12-25(26)44-17-27(38)37-34-15-20-7-11-24(23(33)13-20)43-16-19-5-9-22(32)10-6-19/h5-15,27,29,37-38H,4,16-17H2,1-3H3,(H2,35,36,40)/b34-15-/t27-,29-/m1/s1. The number of hydrogen-bond acceptors (Lipinski definition) is 9. The van der Waals surface area contributed by atoms with Crippen LogP contribution in [0.1, 0.15) is 36.6 Å². The van der Waals surface area contributed by atoms with Gasteiger partial charge in [0.05, 0.1) is 35.1 Å². The third kappa shape index (κ3) is 8.77. The van der Waals surface area contributed by atoms with E-state index in [0.717, 1.165) is 20.4 Å². The van der Waals surface area contributed by atoms with Crippen molar-refractivity contribution >= 4 is 52.4 Å². The third-order valence-electron chi connectivity index (χ3n) is 6.37. The lowest BCUT2D eigenvalue weighted by molar-refractivity contribution is -0.136. The molecule has 0 saturated carbocycles. The summed E-state index contributed by atoms with van der Waals surface area (Å²) in [6, 6.07) is 16.9. The van der Waals surface area contributed by atoms with Crippen LogP contribution in [0, 0.1) is 3.57 Å². The van der Waals surface area contributed by atoms with Crippen LogP contribution < -0.4 is 30.3 Å². The average molecular weight is 735 g/mol. The van der Waals surface area contributed by atoms with Gasteiger partial charge in [-0.3, -0.25) is 5.43 Å². The molecule has 0 spiro atoms. The molecule has 4 N–H and O–H groups in total. The van der Waals surface area contributed by atoms with Gasteiger partial charge < -0.3 is 34.7 Å². The Kier molecular flexibility index (Phi) is 11.7. The van der Waals surface area contributed by atoms with Gasteiger partial charge in [-0.25, -0.2) is 9.59 Å². The summed E-state index contributed by atoms with van der Waals surface area (Å²) in [6.07, 6.45) is 0.456. The van der Waals surface area contributed by atoms with Gasteiger partial charge in [-0.15, -0.1) is 0 Å². The molecule has 0 saturated heterocycles. The van der Waals surface area contributed by atoms with Gasteiger partial charge in [-0.1, -0.05) is 29.8 Å². The zero-order valence-corrected chi connectivity index (χ0v) is 27.1. The monoisotopic (exact) mass is 734 g/mol. The third-order valence-corrected chi connectivity index (χ3v) is 7.47. The number of hydrogen-bond donors (Lipinski definition) is 4. The van der Waals surface area contributed by atoms with Crippen LogP contribution in [0.5, 0.6) is 17.2 Å². The zero-order valence-electron chi connectivity index (χ0n) is 24.2. The summed E-state index contributed by atoms with van der Waals surface area (Å²) in [5.41, 5.74) is 5.72. The van der Waals surface area contributed by atoms with Crippen LogP contribution in [0.25, 0.3) is 0 Å². The molecular formula is C31H32ClIN4O7. The maximum atomic E-state index is 12.4. The molecule has 44 heavy (non-hydrogen) atoms. The molecule has 3 aromatic rings. The van der Waals surface area contributed by atoms with E-state index in [1.165, 1.54) is 7.11 Å². The van der Waals surface area contributed by atoms with Crippen LogP contribution in [-0.4, -0.2) is 49.9 Å². The molecule has 0 bridgehead atoms. The van der Waals surface area contributed by atoms with E-state index in [2.05, 4.69) is 43.8 Å². The smallest absolute Gasteiger partial charge is 0.337 e. The van der Waals surface area contributed by atoms with Crippen molar-refractivity contribution in [3.8, 4) is 17.2 Å². The van der Waals surface area contributed by atoms with E-state index >= 15 is 0 Å². The van der Waals surface area contributed by atoms with Crippen molar-refractivity contribution in [3.63, 3.8) is 0 Å². The van der Waals surface area contributed by atoms with Crippen LogP contribution in [-0.2, 0) is 16.1 Å². The van der Waals surface area contributed by atoms with Gasteiger partial charge in [0.15, 0.2) is 17.7 Å². The number of aliphatic hydroxyl groups is 1. The van der Waals surface area contributed by atoms with E-state index < -0.39 is 24.3 Å². The van der Waals surface area contributed by atoms with Crippen molar-refractivity contribution in [1.29, 1.82) is 0 Å². The molecule has 0 unspecified atom stereocenters. The Morgan fingerprint density at radius 3 is 2.55 bits per heavy atom. The lowest BCUT2D eigenvalue weighted by atomic mass is 9.95. The summed E-state index contributed by atoms with van der Waals surface area (Å²) in [7, 11) is 1.28. The van der Waals surface area contributed by atoms with Crippen molar-refractivity contribution in [2.45, 2.75) is 32.7 Å². The van der Waals surface area contributed by atoms with Crippen molar-refractivity contribution in [3.05, 3.63) is 97.2 Å². The number of hydrazone groups is 1. The minimum absolute atomic E-state index is 0.137. The van der Waals surface area contributed by atoms with Crippen LogP contribution in [0.15, 0.2) is 77.0 Å². The first-order chi connectivity index (χ1) is 21.2. The molecule has 3 aromatic carbocycles. The number of urea groups is 1. The first-order valence-electron chi connectivity index (χ1n) is 13.6. The SMILES string of the molecule is CCOc1cc([C@H]2NC(=O)NC(C)=C2C(=O)OC)ccc1OC[C@@H](O)N/N=C\c1ccc(OCc2ccc(Cl)cc2)c(I)c1. The van der Waals surface area contributed by atoms with E-state index in [-0.39, 0.29) is 12.2 Å². The Balaban J connectivity index is 1.34. The number of ether oxygens (including phenoxy) is 4. The molecule has 13 heteroatoms. The number of aliphatic hydroxyl groups excluding tert-OH is 1. The summed E-state index contributed by atoms with van der Waals surface area (Å²) in [4.78, 5) is 24.6. The molecule has 0 aromatic heterocycles. The number of rotatable bonds is 13. The van der Waals surface area contributed by atoms with Gasteiger partial charge in [0.25, 0.3) is 0 Å². The highest BCUT2D eigenvalue weighted by Gasteiger charge is 2.32. The second kappa shape index (κ2) is 15.6. The molecule has 1 aliphatic heterocycles. The summed E-state index contributed by atoms with van der Waals surface area (Å²) in [6.45, 7) is 4.07. The molecule has 2 amide bonds. The molecular weight excluding hydrogens is 703 g/mol. The van der Waals surface area contributed by atoms with Crippen molar-refractivity contribution < 1.29 is 33.6 Å². The topological polar surface area (TPSA) is 140 Å². The first-order valence-corrected chi connectivity index (χ1v) is 15.0. The fraction of sp³-hybridized carbons (Fsp3) is 0.258. The Hall–Kier alpha value is -4.01. The molecule has 0 aliphatic carbocycles. The van der Waals surface area contributed by atoms with Crippen molar-refractivity contribution in [2.24, 2.45) is 5.10 Å². The number of nitrogens with one attached hydrogen (secondary N) is 3. The molecule has 1 heterocycles. The number of nitrogens with zero attached hydrogens (tertiary/aromatic N) is 1. The Bertz CT molecular complexity index is 1550. The lowest BCUT2D eigenvalue weighted by Crippen LogP contribution is -2.45. The highest BCUT2D eigenvalue weighted by molar-refractivity contribution is 14.1. The van der Waals surface area contributed by atoms with Gasteiger partial charge in [0.2, 0.25) is 0 Å². The number of halogens is 2. The Labute approximate surface area is 273 Å². The predicted molar refractivity (Wildman–Crippen MR) is 174 cm³/mol. The molecule has 11 nitrogen and oxygen atoms in total. The van der Waals surface area contributed by atoms with Crippen LogP contribution in [0.3, 0.4) is 0 Å². The van der Waals surface area contributed by atoms with Crippen LogP contribution in [0.4, 0.5) is 4.79 Å². The number of allylic oxidation sites excluding steroid dienone is 1. The highest BCUT2D eigenvalue weighted by Crippen LogP contribution is 2.35. The number of amides is 2. The highest BCUT2D eigenvalue weighted by atomic mass is 127. The quantitative estimate of drug-likeness (QED) is 0.0630. The maximum Gasteiger partial charge on any atom is 0.337 e. The minimum atomic E-state index is -1.12. The first kappa shape index (κ1) is 32.9. The van der Waals surface area contributed by atoms with Crippen LogP contribution in [0.2, 0.25) is 5.02 Å². The normalized spacial score (nSPS) is 15.3. The number of esters is 1. The van der Waals surface area contributed by atoms with E-state index in [9.17, 15) is 14.7 Å². The molecule has 0 fully saturated rings. The fourth-order valence-corrected chi connectivity index (χ4v) is 5.10. The molecule has 232 valence electrons. The van der Waals surface area contributed by atoms with E-state index in [0.29, 0.717) is 41.0 Å². The number of carbonyl (C=O) groups excluding carboxylic acids is 2. The van der Waals surface area contributed by atoms with Gasteiger partial charge in [0, 0.05) is 10.7 Å². The zero-order chi connectivity index (χ0) is 31.6. The second-order valence-electron chi connectivity index (χ2n) is 9.52. The molecule has 1 aliphatic rings. The summed E-state index contributed by atoms with van der Waals surface area (Å²) >= 11 is 8.13. The molecule has 0 radical (unpaired) electrons. The average Bonchev–Trinajstić information content (AvgIpc) is 3.00. The summed E-state index contributed by atoms with van der Waals surface area (Å²) in [5, 5.41) is 20.5. The predicted octanol–water partition coefficient (Wildman–Crippen LogP) is 5.04. The van der Waals surface area contributed by atoms with Gasteiger partial charge >= 0.3 is 12.0 Å². The van der Waals surface area contributed by atoms with E-state index in [4.69, 9.17) is 30.5 Å². The number of methoxy groups -OCH3 is 1. The summed E-state index contributed by atoms with van der Waals surface area (Å²) < 4.78 is 23.3. The van der Waals surface area contributed by atoms with E-state index in [1.807, 2.05) is 49.4 Å². The Morgan fingerprint density at radius 1 is 1.09 bits per heavy atom. The molecule has 4 rings (SSSR count). The minimum Gasteiger partial charge on any atom is -0.490 e. The number of carbonyl (C=O) groups is 2. The van der Waals surface area contributed by atoms with Crippen LogP contribution >= 0.6 is 34.2 Å². The van der Waals surface area contributed by atoms with Gasteiger partial charge in [-0.2, -0.15) is 5.10 Å². The molecule has 2 atom stereocenters. The number of benzene rings is 3. The fourth-order valence-electron chi connectivity index (χ4n) is 4.28. The second-order valence-corrected chi connectivity index (χ2v) is 11.1. The van der Waals surface area contributed by atoms with Gasteiger partial charge in [0.1, 0.15) is 19.0 Å². The van der Waals surface area contributed by atoms with Gasteiger partial charge in [-0.05, 0) is 95.6 Å². The van der Waals surface area contributed by atoms with Crippen molar-refractivity contribution in [1.82, 2.24) is 16.1 Å². The summed E-state index contributed by atoms with van der Waals surface area (Å²) in [5.74, 6) is 0.916. The lowest BCUT2D eigenvalue weighted by Gasteiger charge is -2.28. The Morgan fingerprint density at radius 2 is 1.84 bits per heavy atom. The maximum absolute atomic E-state index is 12.4. The van der Waals surface area contributed by atoms with E-state index in [1.54, 1.807) is 31.3 Å². The van der Waals surface area contributed by atoms with Crippen molar-refractivity contribution in [2.75, 3.05) is 20.3 Å².